The van der Waals surface area contributed by atoms with Gasteiger partial charge in [-0.2, -0.15) is 4.98 Å². The maximum atomic E-state index is 13.5. The number of ether oxygens (including phenoxy) is 1. The van der Waals surface area contributed by atoms with Crippen LogP contribution in [0.1, 0.15) is 50.1 Å². The Morgan fingerprint density at radius 1 is 1.27 bits per heavy atom. The van der Waals surface area contributed by atoms with Gasteiger partial charge in [-0.1, -0.05) is 18.0 Å². The van der Waals surface area contributed by atoms with Crippen LogP contribution in [0, 0.1) is 18.2 Å². The zero-order valence-electron chi connectivity index (χ0n) is 15.5. The number of halogens is 1. The zero-order valence-corrected chi connectivity index (χ0v) is 15.5. The van der Waals surface area contributed by atoms with Crippen molar-refractivity contribution >= 4 is 0 Å². The van der Waals surface area contributed by atoms with Crippen LogP contribution in [0.2, 0.25) is 0 Å². The van der Waals surface area contributed by atoms with Crippen molar-refractivity contribution in [1.82, 2.24) is 15.0 Å². The molecular weight excluding hydrogens is 333 g/mol. The Kier molecular flexibility index (Phi) is 4.80. The van der Waals surface area contributed by atoms with Crippen molar-refractivity contribution in [3.8, 4) is 11.4 Å². The van der Waals surface area contributed by atoms with Gasteiger partial charge in [0.2, 0.25) is 11.7 Å². The van der Waals surface area contributed by atoms with E-state index in [1.165, 1.54) is 31.7 Å². The minimum Gasteiger partial charge on any atom is -0.379 e. The van der Waals surface area contributed by atoms with Gasteiger partial charge in [0.15, 0.2) is 0 Å². The van der Waals surface area contributed by atoms with Gasteiger partial charge in [0.1, 0.15) is 5.82 Å². The van der Waals surface area contributed by atoms with E-state index < -0.39 is 0 Å². The van der Waals surface area contributed by atoms with Gasteiger partial charge in [0.25, 0.3) is 0 Å². The first-order valence-corrected chi connectivity index (χ1v) is 9.48. The van der Waals surface area contributed by atoms with Gasteiger partial charge in [0.05, 0.1) is 19.3 Å². The summed E-state index contributed by atoms with van der Waals surface area (Å²) in [6, 6.07) is 4.92. The molecule has 1 aromatic carbocycles. The Bertz CT molecular complexity index is 770. The molecule has 0 radical (unpaired) electrons. The van der Waals surface area contributed by atoms with Crippen LogP contribution in [-0.2, 0) is 4.74 Å². The highest BCUT2D eigenvalue weighted by atomic mass is 19.1. The molecule has 0 bridgehead atoms. The summed E-state index contributed by atoms with van der Waals surface area (Å²) in [5.74, 6) is 0.894. The van der Waals surface area contributed by atoms with Crippen LogP contribution < -0.4 is 0 Å². The number of aromatic nitrogens is 2. The fourth-order valence-electron chi connectivity index (χ4n) is 4.25. The Labute approximate surface area is 153 Å². The Hall–Kier alpha value is -1.79. The van der Waals surface area contributed by atoms with Gasteiger partial charge in [-0.15, -0.1) is 0 Å². The standard InChI is InChI=1S/C20H26FN3O2/c1-14-11-16(5-6-17(14)21)18-22-19(26-23-18)15(2)24-9-10-25-13-20(12-24)7-3-4-8-20/h5-6,11,15H,3-4,7-10,12-13H2,1-2H3. The molecule has 1 saturated heterocycles. The maximum Gasteiger partial charge on any atom is 0.244 e. The van der Waals surface area contributed by atoms with E-state index in [0.717, 1.165) is 31.9 Å². The second-order valence-electron chi connectivity index (χ2n) is 7.83. The predicted octanol–water partition coefficient (Wildman–Crippen LogP) is 4.14. The number of hydrogen-bond acceptors (Lipinski definition) is 5. The summed E-state index contributed by atoms with van der Waals surface area (Å²) in [6.07, 6.45) is 5.06. The third-order valence-corrected chi connectivity index (χ3v) is 5.90. The Morgan fingerprint density at radius 2 is 2.08 bits per heavy atom. The van der Waals surface area contributed by atoms with Gasteiger partial charge in [-0.25, -0.2) is 4.39 Å². The molecule has 1 unspecified atom stereocenters. The van der Waals surface area contributed by atoms with Crippen LogP contribution in [-0.4, -0.2) is 41.3 Å². The third-order valence-electron chi connectivity index (χ3n) is 5.90. The molecule has 2 heterocycles. The first-order chi connectivity index (χ1) is 12.6. The van der Waals surface area contributed by atoms with Gasteiger partial charge in [-0.3, -0.25) is 4.90 Å². The van der Waals surface area contributed by atoms with Crippen LogP contribution in [0.4, 0.5) is 4.39 Å². The molecule has 1 saturated carbocycles. The Balaban J connectivity index is 1.53. The second-order valence-corrected chi connectivity index (χ2v) is 7.83. The molecule has 1 aromatic heterocycles. The lowest BCUT2D eigenvalue weighted by molar-refractivity contribution is 0.0687. The van der Waals surface area contributed by atoms with Crippen LogP contribution in [0.25, 0.3) is 11.4 Å². The average molecular weight is 359 g/mol. The largest absolute Gasteiger partial charge is 0.379 e. The molecule has 140 valence electrons. The van der Waals surface area contributed by atoms with Crippen LogP contribution in [0.3, 0.4) is 0 Å². The summed E-state index contributed by atoms with van der Waals surface area (Å²) in [5, 5.41) is 4.12. The van der Waals surface area contributed by atoms with Gasteiger partial charge < -0.3 is 9.26 Å². The lowest BCUT2D eigenvalue weighted by Crippen LogP contribution is -2.38. The summed E-state index contributed by atoms with van der Waals surface area (Å²) < 4.78 is 25.0. The maximum absolute atomic E-state index is 13.5. The molecule has 26 heavy (non-hydrogen) atoms. The molecule has 5 nitrogen and oxygen atoms in total. The van der Waals surface area contributed by atoms with Gasteiger partial charge in [-0.05, 0) is 50.5 Å². The van der Waals surface area contributed by atoms with E-state index in [-0.39, 0.29) is 17.3 Å². The van der Waals surface area contributed by atoms with Crippen molar-refractivity contribution in [3.63, 3.8) is 0 Å². The molecule has 1 spiro atoms. The predicted molar refractivity (Wildman–Crippen MR) is 96.1 cm³/mol. The van der Waals surface area contributed by atoms with Crippen LogP contribution in [0.5, 0.6) is 0 Å². The van der Waals surface area contributed by atoms with Crippen molar-refractivity contribution in [2.45, 2.75) is 45.6 Å². The van der Waals surface area contributed by atoms with Crippen LogP contribution in [0.15, 0.2) is 22.7 Å². The molecule has 2 aliphatic rings. The van der Waals surface area contributed by atoms with E-state index in [0.29, 0.717) is 17.3 Å². The first kappa shape index (κ1) is 17.6. The number of hydrogen-bond donors (Lipinski definition) is 0. The lowest BCUT2D eigenvalue weighted by atomic mass is 9.86. The second kappa shape index (κ2) is 7.08. The highest BCUT2D eigenvalue weighted by Gasteiger charge is 2.39. The monoisotopic (exact) mass is 359 g/mol. The van der Waals surface area contributed by atoms with E-state index in [1.807, 2.05) is 0 Å². The van der Waals surface area contributed by atoms with Crippen molar-refractivity contribution in [2.24, 2.45) is 5.41 Å². The smallest absolute Gasteiger partial charge is 0.244 e. The van der Waals surface area contributed by atoms with E-state index in [4.69, 9.17) is 9.26 Å². The third kappa shape index (κ3) is 3.40. The number of rotatable bonds is 3. The fraction of sp³-hybridized carbons (Fsp3) is 0.600. The van der Waals surface area contributed by atoms with Crippen molar-refractivity contribution in [1.29, 1.82) is 0 Å². The fourth-order valence-corrected chi connectivity index (χ4v) is 4.25. The topological polar surface area (TPSA) is 51.4 Å². The quantitative estimate of drug-likeness (QED) is 0.824. The van der Waals surface area contributed by atoms with E-state index in [9.17, 15) is 4.39 Å². The summed E-state index contributed by atoms with van der Waals surface area (Å²) in [5.41, 5.74) is 1.63. The molecule has 4 rings (SSSR count). The highest BCUT2D eigenvalue weighted by Crippen LogP contribution is 2.41. The lowest BCUT2D eigenvalue weighted by Gasteiger charge is -2.33. The normalized spacial score (nSPS) is 21.8. The van der Waals surface area contributed by atoms with Crippen molar-refractivity contribution in [3.05, 3.63) is 35.5 Å². The molecule has 1 atom stereocenters. The average Bonchev–Trinajstić information content (AvgIpc) is 3.24. The highest BCUT2D eigenvalue weighted by molar-refractivity contribution is 5.55. The molecule has 6 heteroatoms. The zero-order chi connectivity index (χ0) is 18.1. The van der Waals surface area contributed by atoms with E-state index in [1.54, 1.807) is 19.1 Å². The minimum absolute atomic E-state index is 0.0389. The molecule has 2 aromatic rings. The van der Waals surface area contributed by atoms with Gasteiger partial charge in [0, 0.05) is 24.1 Å². The van der Waals surface area contributed by atoms with Crippen molar-refractivity contribution < 1.29 is 13.7 Å². The number of nitrogens with zero attached hydrogens (tertiary/aromatic N) is 3. The first-order valence-electron chi connectivity index (χ1n) is 9.48. The molecule has 1 aliphatic heterocycles. The summed E-state index contributed by atoms with van der Waals surface area (Å²) in [7, 11) is 0. The number of aryl methyl sites for hydroxylation is 1. The molecule has 0 N–H and O–H groups in total. The minimum atomic E-state index is -0.225. The van der Waals surface area contributed by atoms with Crippen molar-refractivity contribution in [2.75, 3.05) is 26.3 Å². The SMILES string of the molecule is Cc1cc(-c2noc(C(C)N3CCOCC4(CCCC4)C3)n2)ccc1F. The number of benzene rings is 1. The molecule has 1 aliphatic carbocycles. The van der Waals surface area contributed by atoms with Gasteiger partial charge >= 0.3 is 0 Å². The molecular formula is C20H26FN3O2. The Morgan fingerprint density at radius 3 is 2.85 bits per heavy atom. The molecule has 0 amide bonds. The summed E-state index contributed by atoms with van der Waals surface area (Å²) in [6.45, 7) is 7.34. The summed E-state index contributed by atoms with van der Waals surface area (Å²) >= 11 is 0. The summed E-state index contributed by atoms with van der Waals surface area (Å²) in [4.78, 5) is 7.00. The molecule has 2 fully saturated rings. The van der Waals surface area contributed by atoms with E-state index >= 15 is 0 Å². The van der Waals surface area contributed by atoms with E-state index in [2.05, 4.69) is 22.0 Å². The van der Waals surface area contributed by atoms with Crippen LogP contribution >= 0.6 is 0 Å².